The van der Waals surface area contributed by atoms with Gasteiger partial charge in [0, 0.05) is 0 Å². The topological polar surface area (TPSA) is 107 Å². The van der Waals surface area contributed by atoms with Crippen LogP contribution in [0.3, 0.4) is 0 Å². The number of hydrogen-bond donors (Lipinski definition) is 4. The first-order chi connectivity index (χ1) is 5.90. The van der Waals surface area contributed by atoms with Crippen molar-refractivity contribution >= 4 is 5.78 Å². The summed E-state index contributed by atoms with van der Waals surface area (Å²) in [5.74, 6) is -0.810. The first-order valence-electron chi connectivity index (χ1n) is 3.80. The van der Waals surface area contributed by atoms with Crippen molar-refractivity contribution in [3.63, 3.8) is 0 Å². The number of ketones is 1. The van der Waals surface area contributed by atoms with Gasteiger partial charge in [-0.15, -0.1) is 0 Å². The van der Waals surface area contributed by atoms with Gasteiger partial charge in [-0.05, 0) is 6.92 Å². The van der Waals surface area contributed by atoms with Crippen LogP contribution in [0.15, 0.2) is 0 Å². The molecule has 4 atom stereocenters. The van der Waals surface area contributed by atoms with E-state index in [1.54, 1.807) is 0 Å². The maximum absolute atomic E-state index is 11.0. The van der Waals surface area contributed by atoms with Crippen molar-refractivity contribution in [2.45, 2.75) is 31.0 Å². The summed E-state index contributed by atoms with van der Waals surface area (Å²) in [5, 5.41) is 37.0. The molecule has 0 amide bonds. The summed E-state index contributed by atoms with van der Waals surface area (Å²) in [6, 6.07) is 0. The normalized spacial score (nSPS) is 46.1. The SMILES string of the molecule is CC(=O)[C@]1(O)[C@H](O)COC(O)[C@@H]1O. The summed E-state index contributed by atoms with van der Waals surface area (Å²) >= 11 is 0. The van der Waals surface area contributed by atoms with Gasteiger partial charge in [-0.1, -0.05) is 0 Å². The third-order valence-electron chi connectivity index (χ3n) is 2.22. The predicted molar refractivity (Wildman–Crippen MR) is 39.6 cm³/mol. The van der Waals surface area contributed by atoms with E-state index in [9.17, 15) is 20.1 Å². The van der Waals surface area contributed by atoms with Gasteiger partial charge in [-0.25, -0.2) is 0 Å². The van der Waals surface area contributed by atoms with Crippen LogP contribution in [0, 0.1) is 0 Å². The molecule has 1 unspecified atom stereocenters. The Bertz CT molecular complexity index is 217. The second-order valence-corrected chi connectivity index (χ2v) is 3.07. The number of rotatable bonds is 1. The Balaban J connectivity index is 2.95. The zero-order chi connectivity index (χ0) is 10.2. The van der Waals surface area contributed by atoms with Crippen LogP contribution in [0.1, 0.15) is 6.92 Å². The monoisotopic (exact) mass is 192 g/mol. The molecule has 0 aromatic heterocycles. The summed E-state index contributed by atoms with van der Waals surface area (Å²) in [7, 11) is 0. The largest absolute Gasteiger partial charge is 0.387 e. The number of hydrogen-bond acceptors (Lipinski definition) is 6. The van der Waals surface area contributed by atoms with Crippen molar-refractivity contribution in [1.29, 1.82) is 0 Å². The fraction of sp³-hybridized carbons (Fsp3) is 0.857. The van der Waals surface area contributed by atoms with E-state index in [2.05, 4.69) is 4.74 Å². The molecule has 1 rings (SSSR count). The van der Waals surface area contributed by atoms with Crippen molar-refractivity contribution in [1.82, 2.24) is 0 Å². The first kappa shape index (κ1) is 10.6. The molecule has 0 bridgehead atoms. The average molecular weight is 192 g/mol. The van der Waals surface area contributed by atoms with Crippen LogP contribution < -0.4 is 0 Å². The molecule has 0 radical (unpaired) electrons. The lowest BCUT2D eigenvalue weighted by molar-refractivity contribution is -0.281. The van der Waals surface area contributed by atoms with E-state index in [4.69, 9.17) is 5.11 Å². The highest BCUT2D eigenvalue weighted by molar-refractivity contribution is 5.86. The maximum atomic E-state index is 11.0. The van der Waals surface area contributed by atoms with Crippen LogP contribution in [-0.2, 0) is 9.53 Å². The minimum atomic E-state index is -2.34. The standard InChI is InChI=1S/C7H12O6/c1-3(8)7(12)4(9)2-13-6(11)5(7)10/h4-6,9-12H,2H2,1H3/t4-,5+,6?,7+/m1/s1. The quantitative estimate of drug-likeness (QED) is 0.362. The van der Waals surface area contributed by atoms with Crippen molar-refractivity contribution in [2.75, 3.05) is 6.61 Å². The van der Waals surface area contributed by atoms with E-state index in [0.717, 1.165) is 6.92 Å². The molecule has 6 nitrogen and oxygen atoms in total. The van der Waals surface area contributed by atoms with Gasteiger partial charge in [0.05, 0.1) is 6.61 Å². The highest BCUT2D eigenvalue weighted by Crippen LogP contribution is 2.25. The van der Waals surface area contributed by atoms with Gasteiger partial charge in [0.1, 0.15) is 12.2 Å². The molecule has 1 fully saturated rings. The van der Waals surface area contributed by atoms with Crippen LogP contribution >= 0.6 is 0 Å². The molecule has 4 N–H and O–H groups in total. The number of carbonyl (C=O) groups is 1. The van der Waals surface area contributed by atoms with E-state index in [1.807, 2.05) is 0 Å². The van der Waals surface area contributed by atoms with Gasteiger partial charge in [-0.2, -0.15) is 0 Å². The molecular formula is C7H12O6. The number of ether oxygens (including phenoxy) is 1. The molecule has 1 aliphatic rings. The predicted octanol–water partition coefficient (Wildman–Crippen LogP) is -2.62. The van der Waals surface area contributed by atoms with Crippen LogP contribution in [-0.4, -0.2) is 56.9 Å². The van der Waals surface area contributed by atoms with Crippen LogP contribution in [0.25, 0.3) is 0 Å². The number of Topliss-reactive ketones (excluding diaryl/α,β-unsaturated/α-hetero) is 1. The van der Waals surface area contributed by atoms with Crippen molar-refractivity contribution < 1.29 is 30.0 Å². The van der Waals surface area contributed by atoms with Crippen molar-refractivity contribution in [3.05, 3.63) is 0 Å². The van der Waals surface area contributed by atoms with Crippen LogP contribution in [0.5, 0.6) is 0 Å². The molecule has 13 heavy (non-hydrogen) atoms. The third kappa shape index (κ3) is 1.47. The van der Waals surface area contributed by atoms with Crippen molar-refractivity contribution in [3.8, 4) is 0 Å². The van der Waals surface area contributed by atoms with E-state index in [0.29, 0.717) is 0 Å². The zero-order valence-corrected chi connectivity index (χ0v) is 7.04. The minimum Gasteiger partial charge on any atom is -0.387 e. The summed E-state index contributed by atoms with van der Waals surface area (Å²) in [5.41, 5.74) is -2.34. The smallest absolute Gasteiger partial charge is 0.184 e. The van der Waals surface area contributed by atoms with E-state index < -0.39 is 36.5 Å². The molecule has 1 heterocycles. The third-order valence-corrected chi connectivity index (χ3v) is 2.22. The second-order valence-electron chi connectivity index (χ2n) is 3.07. The van der Waals surface area contributed by atoms with Crippen LogP contribution in [0.4, 0.5) is 0 Å². The number of aliphatic hydroxyl groups excluding tert-OH is 3. The molecule has 0 spiro atoms. The fourth-order valence-electron chi connectivity index (χ4n) is 1.27. The molecule has 6 heteroatoms. The molecule has 76 valence electrons. The molecule has 1 aliphatic heterocycles. The van der Waals surface area contributed by atoms with Gasteiger partial charge in [-0.3, -0.25) is 4.79 Å². The number of carbonyl (C=O) groups excluding carboxylic acids is 1. The minimum absolute atomic E-state index is 0.395. The first-order valence-corrected chi connectivity index (χ1v) is 3.80. The Hall–Kier alpha value is -0.530. The Morgan fingerprint density at radius 1 is 1.46 bits per heavy atom. The summed E-state index contributed by atoms with van der Waals surface area (Å²) < 4.78 is 4.49. The van der Waals surface area contributed by atoms with Crippen LogP contribution in [0.2, 0.25) is 0 Å². The lowest BCUT2D eigenvalue weighted by Gasteiger charge is -2.40. The number of aliphatic hydroxyl groups is 4. The molecule has 0 aromatic carbocycles. The highest BCUT2D eigenvalue weighted by atomic mass is 16.6. The fourth-order valence-corrected chi connectivity index (χ4v) is 1.27. The second kappa shape index (κ2) is 3.32. The van der Waals surface area contributed by atoms with Gasteiger partial charge in [0.15, 0.2) is 17.7 Å². The summed E-state index contributed by atoms with van der Waals surface area (Å²) in [6.07, 6.45) is -5.01. The molecule has 1 saturated heterocycles. The molecule has 0 saturated carbocycles. The summed E-state index contributed by atoms with van der Waals surface area (Å²) in [6.45, 7) is 0.624. The van der Waals surface area contributed by atoms with Crippen molar-refractivity contribution in [2.24, 2.45) is 0 Å². The molecular weight excluding hydrogens is 180 g/mol. The van der Waals surface area contributed by atoms with Gasteiger partial charge in [0.25, 0.3) is 0 Å². The van der Waals surface area contributed by atoms with E-state index in [1.165, 1.54) is 0 Å². The Morgan fingerprint density at radius 2 is 2.00 bits per heavy atom. The summed E-state index contributed by atoms with van der Waals surface area (Å²) in [4.78, 5) is 11.0. The van der Waals surface area contributed by atoms with E-state index in [-0.39, 0.29) is 0 Å². The molecule has 0 aliphatic carbocycles. The lowest BCUT2D eigenvalue weighted by Crippen LogP contribution is -2.66. The average Bonchev–Trinajstić information content (AvgIpc) is 2.08. The van der Waals surface area contributed by atoms with Gasteiger partial charge < -0.3 is 25.2 Å². The Morgan fingerprint density at radius 3 is 2.38 bits per heavy atom. The lowest BCUT2D eigenvalue weighted by atomic mass is 9.84. The molecule has 0 aromatic rings. The Labute approximate surface area is 74.4 Å². The highest BCUT2D eigenvalue weighted by Gasteiger charge is 2.53. The van der Waals surface area contributed by atoms with Gasteiger partial charge in [0.2, 0.25) is 0 Å². The zero-order valence-electron chi connectivity index (χ0n) is 7.04. The van der Waals surface area contributed by atoms with Gasteiger partial charge >= 0.3 is 0 Å². The maximum Gasteiger partial charge on any atom is 0.184 e. The van der Waals surface area contributed by atoms with E-state index >= 15 is 0 Å². The Kier molecular flexibility index (Phi) is 2.69.